The molecule has 24 heavy (non-hydrogen) atoms. The Bertz CT molecular complexity index is 750. The quantitative estimate of drug-likeness (QED) is 0.758. The standard InChI is InChI=1S/C17H14Cl3NO3/c18-12-6-5-11(15(20)9-12)7-8-21-16(22)10-24-17(23)13-3-1-2-4-14(13)19/h1-6,9H,7-8,10H2,(H,21,22). The lowest BCUT2D eigenvalue weighted by molar-refractivity contribution is -0.124. The van der Waals surface area contributed by atoms with Gasteiger partial charge in [-0.1, -0.05) is 53.0 Å². The van der Waals surface area contributed by atoms with E-state index in [-0.39, 0.29) is 17.2 Å². The number of halogens is 3. The third-order valence-corrected chi connectivity index (χ3v) is 4.08. The second-order valence-corrected chi connectivity index (χ2v) is 6.14. The Morgan fingerprint density at radius 1 is 1.00 bits per heavy atom. The van der Waals surface area contributed by atoms with Crippen molar-refractivity contribution in [1.29, 1.82) is 0 Å². The third-order valence-electron chi connectivity index (χ3n) is 3.16. The number of hydrogen-bond donors (Lipinski definition) is 1. The molecule has 0 unspecified atom stereocenters. The van der Waals surface area contributed by atoms with Crippen LogP contribution in [0.4, 0.5) is 0 Å². The Kier molecular flexibility index (Phi) is 6.91. The highest BCUT2D eigenvalue weighted by atomic mass is 35.5. The maximum Gasteiger partial charge on any atom is 0.340 e. The highest BCUT2D eigenvalue weighted by Crippen LogP contribution is 2.21. The van der Waals surface area contributed by atoms with Crippen molar-refractivity contribution in [2.24, 2.45) is 0 Å². The molecule has 1 N–H and O–H groups in total. The fraction of sp³-hybridized carbons (Fsp3) is 0.176. The summed E-state index contributed by atoms with van der Waals surface area (Å²) in [6.07, 6.45) is 0.542. The van der Waals surface area contributed by atoms with Gasteiger partial charge >= 0.3 is 5.97 Å². The van der Waals surface area contributed by atoms with E-state index in [0.29, 0.717) is 23.0 Å². The molecule has 0 heterocycles. The molecule has 0 aliphatic rings. The summed E-state index contributed by atoms with van der Waals surface area (Å²) in [4.78, 5) is 23.5. The van der Waals surface area contributed by atoms with Crippen molar-refractivity contribution in [3.05, 3.63) is 68.7 Å². The third kappa shape index (κ3) is 5.41. The number of ether oxygens (including phenoxy) is 1. The van der Waals surface area contributed by atoms with E-state index >= 15 is 0 Å². The van der Waals surface area contributed by atoms with Gasteiger partial charge in [0, 0.05) is 16.6 Å². The molecule has 0 spiro atoms. The molecule has 0 saturated heterocycles. The first-order valence-electron chi connectivity index (χ1n) is 7.09. The molecule has 0 bridgehead atoms. The predicted molar refractivity (Wildman–Crippen MR) is 94.9 cm³/mol. The summed E-state index contributed by atoms with van der Waals surface area (Å²) in [6, 6.07) is 11.7. The first-order chi connectivity index (χ1) is 11.5. The van der Waals surface area contributed by atoms with Crippen LogP contribution in [-0.2, 0) is 16.0 Å². The van der Waals surface area contributed by atoms with Crippen LogP contribution in [-0.4, -0.2) is 25.0 Å². The SMILES string of the molecule is O=C(COC(=O)c1ccccc1Cl)NCCc1ccc(Cl)cc1Cl. The Balaban J connectivity index is 1.75. The highest BCUT2D eigenvalue weighted by molar-refractivity contribution is 6.35. The van der Waals surface area contributed by atoms with Crippen molar-refractivity contribution < 1.29 is 14.3 Å². The van der Waals surface area contributed by atoms with E-state index in [2.05, 4.69) is 5.32 Å². The summed E-state index contributed by atoms with van der Waals surface area (Å²) in [5, 5.41) is 4.03. The van der Waals surface area contributed by atoms with Crippen LogP contribution in [0.25, 0.3) is 0 Å². The molecule has 0 aliphatic carbocycles. The fourth-order valence-corrected chi connectivity index (χ4v) is 2.66. The molecule has 2 rings (SSSR count). The predicted octanol–water partition coefficient (Wildman–Crippen LogP) is 4.16. The van der Waals surface area contributed by atoms with E-state index in [1.165, 1.54) is 6.07 Å². The molecule has 0 aliphatic heterocycles. The van der Waals surface area contributed by atoms with E-state index in [9.17, 15) is 9.59 Å². The van der Waals surface area contributed by atoms with Crippen molar-refractivity contribution >= 4 is 46.7 Å². The Morgan fingerprint density at radius 3 is 2.46 bits per heavy atom. The first-order valence-corrected chi connectivity index (χ1v) is 8.23. The minimum atomic E-state index is -0.642. The number of hydrogen-bond acceptors (Lipinski definition) is 3. The van der Waals surface area contributed by atoms with Crippen LogP contribution in [0.15, 0.2) is 42.5 Å². The van der Waals surface area contributed by atoms with Gasteiger partial charge in [0.1, 0.15) is 0 Å². The second kappa shape index (κ2) is 8.92. The smallest absolute Gasteiger partial charge is 0.340 e. The molecule has 126 valence electrons. The number of carbonyl (C=O) groups is 2. The zero-order valence-electron chi connectivity index (χ0n) is 12.5. The van der Waals surface area contributed by atoms with Crippen molar-refractivity contribution in [2.75, 3.05) is 13.2 Å². The summed E-state index contributed by atoms with van der Waals surface area (Å²) in [5.74, 6) is -1.04. The molecule has 4 nitrogen and oxygen atoms in total. The van der Waals surface area contributed by atoms with E-state index in [1.54, 1.807) is 36.4 Å². The number of carbonyl (C=O) groups excluding carboxylic acids is 2. The van der Waals surface area contributed by atoms with Crippen LogP contribution in [0.3, 0.4) is 0 Å². The van der Waals surface area contributed by atoms with Gasteiger partial charge in [-0.15, -0.1) is 0 Å². The van der Waals surface area contributed by atoms with E-state index in [0.717, 1.165) is 5.56 Å². The number of esters is 1. The summed E-state index contributed by atoms with van der Waals surface area (Å²) < 4.78 is 4.93. The van der Waals surface area contributed by atoms with Gasteiger partial charge in [-0.3, -0.25) is 4.79 Å². The van der Waals surface area contributed by atoms with Gasteiger partial charge in [0.15, 0.2) is 6.61 Å². The first kappa shape index (κ1) is 18.6. The molecule has 0 atom stereocenters. The normalized spacial score (nSPS) is 10.3. The average molecular weight is 387 g/mol. The molecule has 7 heteroatoms. The van der Waals surface area contributed by atoms with Gasteiger partial charge in [-0.05, 0) is 36.2 Å². The van der Waals surface area contributed by atoms with Crippen molar-refractivity contribution in [2.45, 2.75) is 6.42 Å². The maximum atomic E-state index is 11.8. The average Bonchev–Trinajstić information content (AvgIpc) is 2.55. The molecule has 0 radical (unpaired) electrons. The van der Waals surface area contributed by atoms with Crippen LogP contribution in [0.1, 0.15) is 15.9 Å². The summed E-state index contributed by atoms with van der Waals surface area (Å²) in [7, 11) is 0. The zero-order valence-corrected chi connectivity index (χ0v) is 14.8. The van der Waals surface area contributed by atoms with Crippen molar-refractivity contribution in [1.82, 2.24) is 5.32 Å². The molecular formula is C17H14Cl3NO3. The Hall–Kier alpha value is -1.75. The molecule has 2 aromatic carbocycles. The van der Waals surface area contributed by atoms with E-state index in [1.807, 2.05) is 0 Å². The highest BCUT2D eigenvalue weighted by Gasteiger charge is 2.13. The van der Waals surface area contributed by atoms with Crippen molar-refractivity contribution in [3.63, 3.8) is 0 Å². The van der Waals surface area contributed by atoms with E-state index < -0.39 is 11.9 Å². The van der Waals surface area contributed by atoms with Crippen LogP contribution in [0, 0.1) is 0 Å². The Morgan fingerprint density at radius 2 is 1.75 bits per heavy atom. The lowest BCUT2D eigenvalue weighted by Crippen LogP contribution is -2.30. The van der Waals surface area contributed by atoms with Gasteiger partial charge in [0.05, 0.1) is 10.6 Å². The minimum absolute atomic E-state index is 0.222. The molecule has 0 saturated carbocycles. The van der Waals surface area contributed by atoms with Crippen LogP contribution < -0.4 is 5.32 Å². The largest absolute Gasteiger partial charge is 0.452 e. The molecular weight excluding hydrogens is 373 g/mol. The van der Waals surface area contributed by atoms with Gasteiger partial charge < -0.3 is 10.1 Å². The van der Waals surface area contributed by atoms with Gasteiger partial charge in [0.2, 0.25) is 0 Å². The topological polar surface area (TPSA) is 55.4 Å². The fourth-order valence-electron chi connectivity index (χ4n) is 1.95. The summed E-state index contributed by atoms with van der Waals surface area (Å²) in [5.41, 5.74) is 1.09. The molecule has 0 aromatic heterocycles. The van der Waals surface area contributed by atoms with E-state index in [4.69, 9.17) is 39.5 Å². The van der Waals surface area contributed by atoms with Crippen LogP contribution in [0.5, 0.6) is 0 Å². The number of benzene rings is 2. The number of rotatable bonds is 6. The molecule has 2 aromatic rings. The van der Waals surface area contributed by atoms with Crippen LogP contribution >= 0.6 is 34.8 Å². The molecule has 1 amide bonds. The Labute approximate surface area is 154 Å². The van der Waals surface area contributed by atoms with Crippen LogP contribution in [0.2, 0.25) is 15.1 Å². The lowest BCUT2D eigenvalue weighted by Gasteiger charge is -2.08. The van der Waals surface area contributed by atoms with Gasteiger partial charge in [-0.2, -0.15) is 0 Å². The van der Waals surface area contributed by atoms with Gasteiger partial charge in [0.25, 0.3) is 5.91 Å². The van der Waals surface area contributed by atoms with Gasteiger partial charge in [-0.25, -0.2) is 4.79 Å². The minimum Gasteiger partial charge on any atom is -0.452 e. The summed E-state index contributed by atoms with van der Waals surface area (Å²) >= 11 is 17.8. The molecule has 0 fully saturated rings. The number of amides is 1. The lowest BCUT2D eigenvalue weighted by atomic mass is 10.1. The van der Waals surface area contributed by atoms with Crippen molar-refractivity contribution in [3.8, 4) is 0 Å². The zero-order chi connectivity index (χ0) is 17.5. The number of nitrogens with one attached hydrogen (secondary N) is 1. The monoisotopic (exact) mass is 385 g/mol. The second-order valence-electron chi connectivity index (χ2n) is 4.89. The maximum absolute atomic E-state index is 11.8. The summed E-state index contributed by atoms with van der Waals surface area (Å²) in [6.45, 7) is -0.0117.